The van der Waals surface area contributed by atoms with Crippen LogP contribution in [0.2, 0.25) is 0 Å². The predicted molar refractivity (Wildman–Crippen MR) is 110 cm³/mol. The third-order valence-corrected chi connectivity index (χ3v) is 5.78. The zero-order valence-corrected chi connectivity index (χ0v) is 17.1. The van der Waals surface area contributed by atoms with Gasteiger partial charge in [-0.05, 0) is 50.4 Å². The number of nitrogens with one attached hydrogen (secondary N) is 2. The van der Waals surface area contributed by atoms with Crippen molar-refractivity contribution in [2.45, 2.75) is 31.5 Å². The molecular formula is C21H32F3N5. The molecule has 0 amide bonds. The number of hydrogen-bond donors (Lipinski definition) is 2. The van der Waals surface area contributed by atoms with E-state index in [1.54, 1.807) is 7.05 Å². The van der Waals surface area contributed by atoms with Crippen LogP contribution in [0.4, 0.5) is 13.2 Å². The standard InChI is InChI=1S/C21H32F3N5/c1-25-20(26-13-17-9-12-28(15-17)16-21(22,23)24)27-14-19(29-10-5-6-11-29)18-7-3-2-4-8-18/h2-4,7-8,17,19H,5-6,9-16H2,1H3,(H2,25,26,27). The van der Waals surface area contributed by atoms with Crippen LogP contribution in [-0.2, 0) is 0 Å². The lowest BCUT2D eigenvalue weighted by molar-refractivity contribution is -0.143. The van der Waals surface area contributed by atoms with E-state index in [2.05, 4.69) is 44.8 Å². The van der Waals surface area contributed by atoms with Gasteiger partial charge in [-0.25, -0.2) is 0 Å². The molecule has 0 aromatic heterocycles. The van der Waals surface area contributed by atoms with Gasteiger partial charge in [0.2, 0.25) is 0 Å². The lowest BCUT2D eigenvalue weighted by Crippen LogP contribution is -2.44. The Balaban J connectivity index is 1.48. The smallest absolute Gasteiger partial charge is 0.356 e. The molecule has 2 fully saturated rings. The summed E-state index contributed by atoms with van der Waals surface area (Å²) in [6.07, 6.45) is -0.888. The SMILES string of the molecule is CN=C(NCC1CCN(CC(F)(F)F)C1)NCC(c1ccccc1)N1CCCC1. The normalized spacial score (nSPS) is 22.8. The van der Waals surface area contributed by atoms with Gasteiger partial charge in [0.05, 0.1) is 12.6 Å². The number of guanidine groups is 1. The number of likely N-dealkylation sites (tertiary alicyclic amines) is 2. The van der Waals surface area contributed by atoms with Crippen LogP contribution in [0.15, 0.2) is 35.3 Å². The van der Waals surface area contributed by atoms with Gasteiger partial charge in [-0.3, -0.25) is 14.8 Å². The summed E-state index contributed by atoms with van der Waals surface area (Å²) in [5, 5.41) is 6.73. The van der Waals surface area contributed by atoms with Gasteiger partial charge in [0, 0.05) is 26.7 Å². The Kier molecular flexibility index (Phi) is 7.77. The molecule has 1 aromatic rings. The summed E-state index contributed by atoms with van der Waals surface area (Å²) in [6, 6.07) is 10.8. The Hall–Kier alpha value is -1.80. The highest BCUT2D eigenvalue weighted by Gasteiger charge is 2.34. The van der Waals surface area contributed by atoms with Gasteiger partial charge in [0.25, 0.3) is 0 Å². The highest BCUT2D eigenvalue weighted by atomic mass is 19.4. The highest BCUT2D eigenvalue weighted by Crippen LogP contribution is 2.25. The Labute approximate surface area is 171 Å². The third kappa shape index (κ3) is 6.89. The molecule has 0 saturated carbocycles. The fourth-order valence-corrected chi connectivity index (χ4v) is 4.32. The van der Waals surface area contributed by atoms with E-state index in [1.165, 1.54) is 23.3 Å². The number of alkyl halides is 3. The molecule has 0 spiro atoms. The summed E-state index contributed by atoms with van der Waals surface area (Å²) in [4.78, 5) is 8.29. The molecule has 2 heterocycles. The minimum atomic E-state index is -4.12. The van der Waals surface area contributed by atoms with Crippen molar-refractivity contribution in [2.75, 3.05) is 52.9 Å². The molecule has 1 aromatic carbocycles. The molecule has 29 heavy (non-hydrogen) atoms. The lowest BCUT2D eigenvalue weighted by Gasteiger charge is -2.29. The van der Waals surface area contributed by atoms with E-state index < -0.39 is 12.7 Å². The Morgan fingerprint density at radius 3 is 2.52 bits per heavy atom. The molecule has 2 aliphatic heterocycles. The molecule has 2 N–H and O–H groups in total. The zero-order valence-electron chi connectivity index (χ0n) is 17.1. The van der Waals surface area contributed by atoms with Gasteiger partial charge in [-0.2, -0.15) is 13.2 Å². The molecule has 0 radical (unpaired) electrons. The lowest BCUT2D eigenvalue weighted by atomic mass is 10.1. The molecule has 2 atom stereocenters. The maximum Gasteiger partial charge on any atom is 0.401 e. The topological polar surface area (TPSA) is 42.9 Å². The van der Waals surface area contributed by atoms with Crippen molar-refractivity contribution < 1.29 is 13.2 Å². The molecule has 2 saturated heterocycles. The third-order valence-electron chi connectivity index (χ3n) is 5.78. The van der Waals surface area contributed by atoms with E-state index in [4.69, 9.17) is 0 Å². The number of rotatable bonds is 7. The molecule has 2 aliphatic rings. The summed E-state index contributed by atoms with van der Waals surface area (Å²) >= 11 is 0. The Bertz CT molecular complexity index is 643. The minimum absolute atomic E-state index is 0.208. The van der Waals surface area contributed by atoms with Gasteiger partial charge in [-0.15, -0.1) is 0 Å². The first-order valence-corrected chi connectivity index (χ1v) is 10.5. The average molecular weight is 412 g/mol. The number of halogens is 3. The van der Waals surface area contributed by atoms with Crippen molar-refractivity contribution in [3.8, 4) is 0 Å². The quantitative estimate of drug-likeness (QED) is 0.535. The minimum Gasteiger partial charge on any atom is -0.356 e. The van der Waals surface area contributed by atoms with Crippen LogP contribution >= 0.6 is 0 Å². The second-order valence-corrected chi connectivity index (χ2v) is 8.01. The molecule has 2 unspecified atom stereocenters. The van der Waals surface area contributed by atoms with Crippen LogP contribution in [0.3, 0.4) is 0 Å². The molecule has 8 heteroatoms. The molecule has 5 nitrogen and oxygen atoms in total. The van der Waals surface area contributed by atoms with E-state index in [-0.39, 0.29) is 12.0 Å². The summed E-state index contributed by atoms with van der Waals surface area (Å²) < 4.78 is 37.7. The highest BCUT2D eigenvalue weighted by molar-refractivity contribution is 5.79. The van der Waals surface area contributed by atoms with Crippen LogP contribution in [0.25, 0.3) is 0 Å². The van der Waals surface area contributed by atoms with Gasteiger partial charge >= 0.3 is 6.18 Å². The van der Waals surface area contributed by atoms with E-state index in [0.717, 1.165) is 26.1 Å². The summed E-state index contributed by atoms with van der Waals surface area (Å²) in [5.41, 5.74) is 1.29. The first-order chi connectivity index (χ1) is 13.9. The van der Waals surface area contributed by atoms with Crippen LogP contribution in [0.5, 0.6) is 0 Å². The summed E-state index contributed by atoms with van der Waals surface area (Å²) in [6.45, 7) is 3.75. The maximum atomic E-state index is 12.6. The monoisotopic (exact) mass is 411 g/mol. The number of benzene rings is 1. The van der Waals surface area contributed by atoms with E-state index in [9.17, 15) is 13.2 Å². The second kappa shape index (κ2) is 10.3. The Morgan fingerprint density at radius 2 is 1.86 bits per heavy atom. The van der Waals surface area contributed by atoms with Crippen molar-refractivity contribution in [2.24, 2.45) is 10.9 Å². The first kappa shape index (κ1) is 21.9. The molecular weight excluding hydrogens is 379 g/mol. The van der Waals surface area contributed by atoms with Crippen LogP contribution < -0.4 is 10.6 Å². The van der Waals surface area contributed by atoms with Crippen LogP contribution in [-0.4, -0.2) is 74.8 Å². The van der Waals surface area contributed by atoms with Gasteiger partial charge in [0.15, 0.2) is 5.96 Å². The number of hydrogen-bond acceptors (Lipinski definition) is 3. The van der Waals surface area contributed by atoms with Gasteiger partial charge < -0.3 is 10.6 Å². The van der Waals surface area contributed by atoms with E-state index in [1.807, 2.05) is 6.07 Å². The fraction of sp³-hybridized carbons (Fsp3) is 0.667. The van der Waals surface area contributed by atoms with Crippen LogP contribution in [0.1, 0.15) is 30.9 Å². The summed E-state index contributed by atoms with van der Waals surface area (Å²) in [7, 11) is 1.73. The molecule has 0 aliphatic carbocycles. The van der Waals surface area contributed by atoms with Gasteiger partial charge in [0.1, 0.15) is 0 Å². The maximum absolute atomic E-state index is 12.6. The van der Waals surface area contributed by atoms with Crippen LogP contribution in [0, 0.1) is 5.92 Å². The van der Waals surface area contributed by atoms with Gasteiger partial charge in [-0.1, -0.05) is 30.3 Å². The predicted octanol–water partition coefficient (Wildman–Crippen LogP) is 2.87. The largest absolute Gasteiger partial charge is 0.401 e. The van der Waals surface area contributed by atoms with Crippen molar-refractivity contribution in [3.63, 3.8) is 0 Å². The molecule has 162 valence electrons. The second-order valence-electron chi connectivity index (χ2n) is 8.01. The molecule has 3 rings (SSSR count). The Morgan fingerprint density at radius 1 is 1.14 bits per heavy atom. The zero-order chi connectivity index (χ0) is 20.7. The fourth-order valence-electron chi connectivity index (χ4n) is 4.32. The van der Waals surface area contributed by atoms with Crippen molar-refractivity contribution in [1.82, 2.24) is 20.4 Å². The van der Waals surface area contributed by atoms with E-state index in [0.29, 0.717) is 25.6 Å². The first-order valence-electron chi connectivity index (χ1n) is 10.5. The van der Waals surface area contributed by atoms with E-state index >= 15 is 0 Å². The average Bonchev–Trinajstić information content (AvgIpc) is 3.36. The summed E-state index contributed by atoms with van der Waals surface area (Å²) in [5.74, 6) is 0.916. The number of aliphatic imine (C=N–C) groups is 1. The van der Waals surface area contributed by atoms with Crippen molar-refractivity contribution in [3.05, 3.63) is 35.9 Å². The molecule has 0 bridgehead atoms. The number of nitrogens with zero attached hydrogens (tertiary/aromatic N) is 3. The van der Waals surface area contributed by atoms with Crippen molar-refractivity contribution >= 4 is 5.96 Å². The van der Waals surface area contributed by atoms with Crippen molar-refractivity contribution in [1.29, 1.82) is 0 Å².